The molecule has 0 bridgehead atoms. The molecule has 0 amide bonds. The summed E-state index contributed by atoms with van der Waals surface area (Å²) >= 11 is 0. The van der Waals surface area contributed by atoms with E-state index >= 15 is 0 Å². The molecule has 0 aliphatic rings. The number of rotatable bonds is 4. The molecule has 0 saturated heterocycles. The van der Waals surface area contributed by atoms with Gasteiger partial charge < -0.3 is 8.84 Å². The van der Waals surface area contributed by atoms with Crippen LogP contribution in [0.2, 0.25) is 13.1 Å². The third-order valence-electron chi connectivity index (χ3n) is 2.30. The van der Waals surface area contributed by atoms with Crippen molar-refractivity contribution in [2.75, 3.05) is 0 Å². The first-order chi connectivity index (χ1) is 8.65. The number of furan rings is 1. The first kappa shape index (κ1) is 12.6. The summed E-state index contributed by atoms with van der Waals surface area (Å²) in [7, 11) is -0.794. The molecule has 0 saturated carbocycles. The number of benzene rings is 1. The standard InChI is InChI=1S/C14H16NO2Si/c1-11-6-7-13(14(9-11)17-18(2)3)15-10-12-5-4-8-16-12/h4-10H,1-3H3/p+1. The maximum atomic E-state index is 5.85. The zero-order valence-corrected chi connectivity index (χ0v) is 11.8. The van der Waals surface area contributed by atoms with Crippen LogP contribution in [0.1, 0.15) is 12.8 Å². The Bertz CT molecular complexity index is 538. The molecule has 0 fully saturated rings. The summed E-state index contributed by atoms with van der Waals surface area (Å²) in [5.41, 5.74) is 2.01. The Morgan fingerprint density at radius 2 is 2.17 bits per heavy atom. The first-order valence-electron chi connectivity index (χ1n) is 5.81. The third kappa shape index (κ3) is 3.34. The lowest BCUT2D eigenvalue weighted by Crippen LogP contribution is -2.11. The number of nitrogens with zero attached hydrogens (tertiary/aromatic N) is 1. The van der Waals surface area contributed by atoms with Crippen molar-refractivity contribution in [1.82, 2.24) is 0 Å². The topological polar surface area (TPSA) is 34.7 Å². The second-order valence-corrected chi connectivity index (χ2v) is 6.28. The smallest absolute Gasteiger partial charge is 0.541 e. The van der Waals surface area contributed by atoms with Crippen LogP contribution in [0, 0.1) is 6.92 Å². The molecule has 2 aromatic rings. The van der Waals surface area contributed by atoms with Gasteiger partial charge in [0.2, 0.25) is 0 Å². The molecule has 1 heterocycles. The number of hydrogen-bond donors (Lipinski definition) is 0. The fourth-order valence-corrected chi connectivity index (χ4v) is 2.13. The highest BCUT2D eigenvalue weighted by Gasteiger charge is 2.06. The predicted molar refractivity (Wildman–Crippen MR) is 76.4 cm³/mol. The maximum absolute atomic E-state index is 5.85. The van der Waals surface area contributed by atoms with E-state index in [1.54, 1.807) is 12.5 Å². The van der Waals surface area contributed by atoms with Crippen LogP contribution in [0.15, 0.2) is 46.0 Å². The zero-order valence-electron chi connectivity index (χ0n) is 11.8. The van der Waals surface area contributed by atoms with E-state index < -0.39 is 9.04 Å². The van der Waals surface area contributed by atoms with E-state index in [1.807, 2.05) is 37.3 Å². The molecule has 18 heavy (non-hydrogen) atoms. The van der Waals surface area contributed by atoms with Crippen LogP contribution in [0.25, 0.3) is 0 Å². The summed E-state index contributed by atoms with van der Waals surface area (Å²) in [6.45, 7) is 6.25. The van der Waals surface area contributed by atoms with Gasteiger partial charge in [-0.15, -0.1) is 0 Å². The van der Waals surface area contributed by atoms with Crippen LogP contribution in [0.4, 0.5) is 5.69 Å². The fraction of sp³-hybridized carbons (Fsp3) is 0.214. The van der Waals surface area contributed by atoms with Crippen LogP contribution in [-0.4, -0.2) is 15.3 Å². The maximum Gasteiger partial charge on any atom is 1.00 e. The van der Waals surface area contributed by atoms with Crippen molar-refractivity contribution in [3.63, 3.8) is 0 Å². The van der Waals surface area contributed by atoms with Crippen LogP contribution in [0.3, 0.4) is 0 Å². The summed E-state index contributed by atoms with van der Waals surface area (Å²) < 4.78 is 11.1. The van der Waals surface area contributed by atoms with Crippen LogP contribution >= 0.6 is 0 Å². The minimum atomic E-state index is -0.794. The molecule has 0 N–H and O–H groups in total. The van der Waals surface area contributed by atoms with Gasteiger partial charge in [0.15, 0.2) is 0 Å². The van der Waals surface area contributed by atoms with Crippen LogP contribution in [0.5, 0.6) is 5.75 Å². The van der Waals surface area contributed by atoms with E-state index in [1.165, 1.54) is 5.56 Å². The Morgan fingerprint density at radius 1 is 1.33 bits per heavy atom. The predicted octanol–water partition coefficient (Wildman–Crippen LogP) is 4.08. The number of hydrogen-bond acceptors (Lipinski definition) is 3. The number of aryl methyl sites for hydroxylation is 1. The van der Waals surface area contributed by atoms with Gasteiger partial charge in [0, 0.05) is 0 Å². The molecule has 0 atom stereocenters. The van der Waals surface area contributed by atoms with Gasteiger partial charge in [-0.1, -0.05) is 6.07 Å². The van der Waals surface area contributed by atoms with Crippen molar-refractivity contribution >= 4 is 20.9 Å². The van der Waals surface area contributed by atoms with Gasteiger partial charge in [0.25, 0.3) is 9.04 Å². The zero-order chi connectivity index (χ0) is 13.0. The average Bonchev–Trinajstić information content (AvgIpc) is 2.80. The fourth-order valence-electron chi connectivity index (χ4n) is 1.53. The summed E-state index contributed by atoms with van der Waals surface area (Å²) in [6.07, 6.45) is 3.34. The van der Waals surface area contributed by atoms with Gasteiger partial charge >= 0.3 is 1.43 Å². The van der Waals surface area contributed by atoms with E-state index in [0.717, 1.165) is 17.2 Å². The molecule has 93 valence electrons. The highest BCUT2D eigenvalue weighted by atomic mass is 28.3. The molecule has 3 nitrogen and oxygen atoms in total. The Balaban J connectivity index is 0.00000180. The lowest BCUT2D eigenvalue weighted by atomic mass is 10.2. The van der Waals surface area contributed by atoms with Crippen molar-refractivity contribution in [3.8, 4) is 5.75 Å². The van der Waals surface area contributed by atoms with Crippen molar-refractivity contribution < 1.29 is 10.3 Å². The van der Waals surface area contributed by atoms with Gasteiger partial charge in [0.05, 0.1) is 12.5 Å². The number of aliphatic imine (C=N–C) groups is 1. The molecule has 2 rings (SSSR count). The highest BCUT2D eigenvalue weighted by molar-refractivity contribution is 6.49. The Labute approximate surface area is 110 Å². The largest absolute Gasteiger partial charge is 1.00 e. The minimum Gasteiger partial charge on any atom is -0.541 e. The van der Waals surface area contributed by atoms with E-state index in [9.17, 15) is 0 Å². The van der Waals surface area contributed by atoms with E-state index in [4.69, 9.17) is 8.84 Å². The molecule has 4 heteroatoms. The van der Waals surface area contributed by atoms with E-state index in [2.05, 4.69) is 18.1 Å². The normalized spacial score (nSPS) is 11.3. The molecule has 1 aromatic carbocycles. The van der Waals surface area contributed by atoms with Gasteiger partial charge in [-0.2, -0.15) is 0 Å². The molecular formula is C14H17NO2Si+. The first-order valence-corrected chi connectivity index (χ1v) is 8.22. The average molecular weight is 259 g/mol. The second-order valence-electron chi connectivity index (χ2n) is 4.26. The molecular weight excluding hydrogens is 242 g/mol. The Morgan fingerprint density at radius 3 is 2.78 bits per heavy atom. The van der Waals surface area contributed by atoms with Crippen LogP contribution < -0.4 is 4.43 Å². The van der Waals surface area contributed by atoms with Crippen molar-refractivity contribution in [1.29, 1.82) is 0 Å². The van der Waals surface area contributed by atoms with Gasteiger partial charge in [-0.05, 0) is 49.8 Å². The highest BCUT2D eigenvalue weighted by Crippen LogP contribution is 2.29. The summed E-state index contributed by atoms with van der Waals surface area (Å²) in [5, 5.41) is 0. The van der Waals surface area contributed by atoms with Crippen LogP contribution in [-0.2, 0) is 0 Å². The molecule has 0 unspecified atom stereocenters. The lowest BCUT2D eigenvalue weighted by molar-refractivity contribution is 0.560. The lowest BCUT2D eigenvalue weighted by Gasteiger charge is -2.11. The van der Waals surface area contributed by atoms with Crippen molar-refractivity contribution in [2.24, 2.45) is 4.99 Å². The second kappa shape index (κ2) is 5.69. The van der Waals surface area contributed by atoms with Gasteiger partial charge in [0.1, 0.15) is 17.2 Å². The van der Waals surface area contributed by atoms with Gasteiger partial charge in [-0.3, -0.25) is 0 Å². The van der Waals surface area contributed by atoms with E-state index in [-0.39, 0.29) is 1.43 Å². The minimum absolute atomic E-state index is 0. The van der Waals surface area contributed by atoms with Gasteiger partial charge in [-0.25, -0.2) is 4.99 Å². The molecule has 0 spiro atoms. The summed E-state index contributed by atoms with van der Waals surface area (Å²) in [4.78, 5) is 4.42. The Hall–Kier alpha value is -1.81. The molecule has 1 aromatic heterocycles. The van der Waals surface area contributed by atoms with Crippen molar-refractivity contribution in [2.45, 2.75) is 20.0 Å². The quantitative estimate of drug-likeness (QED) is 0.612. The van der Waals surface area contributed by atoms with Crippen molar-refractivity contribution in [3.05, 3.63) is 47.9 Å². The monoisotopic (exact) mass is 259 g/mol. The molecule has 0 aliphatic heterocycles. The van der Waals surface area contributed by atoms with E-state index in [0.29, 0.717) is 0 Å². The summed E-state index contributed by atoms with van der Waals surface area (Å²) in [5.74, 6) is 1.58. The SMILES string of the molecule is Cc1ccc(N=Cc2ccco2)c(O[Si](C)C)c1.[H+]. The molecule has 0 aliphatic carbocycles. The molecule has 1 radical (unpaired) electrons. The third-order valence-corrected chi connectivity index (χ3v) is 2.93. The summed E-state index contributed by atoms with van der Waals surface area (Å²) in [6, 6.07) is 9.72. The Kier molecular flexibility index (Phi) is 3.99.